The first kappa shape index (κ1) is 23.0. The molecule has 0 saturated carbocycles. The van der Waals surface area contributed by atoms with Gasteiger partial charge < -0.3 is 10.1 Å². The van der Waals surface area contributed by atoms with Gasteiger partial charge in [0.05, 0.1) is 11.7 Å². The van der Waals surface area contributed by atoms with E-state index in [0.29, 0.717) is 5.56 Å². The summed E-state index contributed by atoms with van der Waals surface area (Å²) in [6.45, 7) is 5.02. The Morgan fingerprint density at radius 2 is 1.76 bits per heavy atom. The Labute approximate surface area is 196 Å². The molecule has 172 valence electrons. The molecule has 1 amide bonds. The van der Waals surface area contributed by atoms with Crippen molar-refractivity contribution >= 4 is 5.91 Å². The Hall–Kier alpha value is -3.18. The molecule has 1 aliphatic heterocycles. The molecule has 1 aromatic heterocycles. The van der Waals surface area contributed by atoms with Gasteiger partial charge in [0.15, 0.2) is 0 Å². The molecule has 2 aromatic carbocycles. The second-order valence-electron chi connectivity index (χ2n) is 8.66. The number of benzene rings is 2. The van der Waals surface area contributed by atoms with Gasteiger partial charge in [-0.05, 0) is 61.2 Å². The fourth-order valence-electron chi connectivity index (χ4n) is 4.32. The van der Waals surface area contributed by atoms with Crippen LogP contribution in [0.5, 0.6) is 5.75 Å². The molecule has 1 fully saturated rings. The van der Waals surface area contributed by atoms with Gasteiger partial charge in [0.1, 0.15) is 11.9 Å². The Morgan fingerprint density at radius 3 is 2.42 bits per heavy atom. The van der Waals surface area contributed by atoms with Crippen LogP contribution in [0.3, 0.4) is 0 Å². The van der Waals surface area contributed by atoms with Crippen LogP contribution in [0.25, 0.3) is 0 Å². The number of piperidine rings is 1. The number of rotatable bonds is 9. The first-order valence-corrected chi connectivity index (χ1v) is 12.0. The lowest BCUT2D eigenvalue weighted by molar-refractivity contribution is 0.0932. The molecule has 1 unspecified atom stereocenters. The van der Waals surface area contributed by atoms with Crippen LogP contribution in [0.4, 0.5) is 0 Å². The maximum atomic E-state index is 12.8. The summed E-state index contributed by atoms with van der Waals surface area (Å²) in [5.41, 5.74) is 2.91. The van der Waals surface area contributed by atoms with Crippen molar-refractivity contribution in [2.75, 3.05) is 13.1 Å². The van der Waals surface area contributed by atoms with Gasteiger partial charge in [-0.2, -0.15) is 0 Å². The lowest BCUT2D eigenvalue weighted by Gasteiger charge is -2.31. The van der Waals surface area contributed by atoms with Crippen molar-refractivity contribution in [2.45, 2.75) is 51.3 Å². The van der Waals surface area contributed by atoms with Crippen molar-refractivity contribution in [1.82, 2.24) is 15.2 Å². The minimum Gasteiger partial charge on any atom is -0.490 e. The highest BCUT2D eigenvalue weighted by molar-refractivity contribution is 5.94. The van der Waals surface area contributed by atoms with Crippen LogP contribution in [-0.4, -0.2) is 35.0 Å². The highest BCUT2D eigenvalue weighted by Gasteiger charge is 2.21. The van der Waals surface area contributed by atoms with E-state index in [-0.39, 0.29) is 18.1 Å². The number of aromatic nitrogens is 1. The number of nitrogens with one attached hydrogen (secondary N) is 1. The van der Waals surface area contributed by atoms with Crippen molar-refractivity contribution < 1.29 is 9.53 Å². The SMILES string of the molecule is CCCC(NC(=O)c1ccc(OC2CCN(Cc3ccccn3)CC2)cc1)c1ccccc1. The number of carbonyl (C=O) groups is 1. The molecular formula is C28H33N3O2. The van der Waals surface area contributed by atoms with Gasteiger partial charge in [-0.3, -0.25) is 14.7 Å². The number of likely N-dealkylation sites (tertiary alicyclic amines) is 1. The van der Waals surface area contributed by atoms with Crippen molar-refractivity contribution in [1.29, 1.82) is 0 Å². The molecule has 0 bridgehead atoms. The number of amides is 1. The first-order valence-electron chi connectivity index (χ1n) is 12.0. The summed E-state index contributed by atoms with van der Waals surface area (Å²) in [6, 6.07) is 23.8. The van der Waals surface area contributed by atoms with Crippen molar-refractivity contribution in [3.63, 3.8) is 0 Å². The third-order valence-corrected chi connectivity index (χ3v) is 6.15. The summed E-state index contributed by atoms with van der Waals surface area (Å²) in [4.78, 5) is 19.7. The molecule has 1 N–H and O–H groups in total. The Kier molecular flexibility index (Phi) is 8.09. The van der Waals surface area contributed by atoms with Crippen molar-refractivity contribution in [3.8, 4) is 5.75 Å². The normalized spacial score (nSPS) is 15.7. The number of ether oxygens (including phenoxy) is 1. The first-order chi connectivity index (χ1) is 16.2. The predicted molar refractivity (Wildman–Crippen MR) is 131 cm³/mol. The van der Waals surface area contributed by atoms with E-state index in [0.717, 1.165) is 62.3 Å². The smallest absolute Gasteiger partial charge is 0.251 e. The topological polar surface area (TPSA) is 54.5 Å². The van der Waals surface area contributed by atoms with Gasteiger partial charge in [-0.15, -0.1) is 0 Å². The Balaban J connectivity index is 1.27. The summed E-state index contributed by atoms with van der Waals surface area (Å²) in [6.07, 6.45) is 5.95. The molecule has 0 aliphatic carbocycles. The number of hydrogen-bond donors (Lipinski definition) is 1. The number of carbonyl (C=O) groups excluding carboxylic acids is 1. The number of nitrogens with zero attached hydrogens (tertiary/aromatic N) is 2. The van der Waals surface area contributed by atoms with E-state index in [1.54, 1.807) is 0 Å². The van der Waals surface area contributed by atoms with Crippen LogP contribution < -0.4 is 10.1 Å². The molecule has 33 heavy (non-hydrogen) atoms. The van der Waals surface area contributed by atoms with Gasteiger partial charge >= 0.3 is 0 Å². The molecule has 0 spiro atoms. The van der Waals surface area contributed by atoms with Crippen LogP contribution in [0.15, 0.2) is 79.0 Å². The van der Waals surface area contributed by atoms with E-state index in [1.165, 1.54) is 0 Å². The van der Waals surface area contributed by atoms with Gasteiger partial charge in [-0.25, -0.2) is 0 Å². The summed E-state index contributed by atoms with van der Waals surface area (Å²) >= 11 is 0. The second-order valence-corrected chi connectivity index (χ2v) is 8.66. The number of pyridine rings is 1. The molecule has 5 nitrogen and oxygen atoms in total. The van der Waals surface area contributed by atoms with E-state index < -0.39 is 0 Å². The monoisotopic (exact) mass is 443 g/mol. The van der Waals surface area contributed by atoms with E-state index in [4.69, 9.17) is 4.74 Å². The minimum absolute atomic E-state index is 0.0240. The molecule has 2 heterocycles. The number of hydrogen-bond acceptors (Lipinski definition) is 4. The van der Waals surface area contributed by atoms with Crippen LogP contribution in [0.1, 0.15) is 60.3 Å². The van der Waals surface area contributed by atoms with Crippen LogP contribution in [0, 0.1) is 0 Å². The van der Waals surface area contributed by atoms with Gasteiger partial charge in [0, 0.05) is 31.4 Å². The third kappa shape index (κ3) is 6.65. The van der Waals surface area contributed by atoms with Crippen molar-refractivity contribution in [2.24, 2.45) is 0 Å². The zero-order chi connectivity index (χ0) is 22.9. The zero-order valence-corrected chi connectivity index (χ0v) is 19.3. The average Bonchev–Trinajstić information content (AvgIpc) is 2.86. The zero-order valence-electron chi connectivity index (χ0n) is 19.3. The summed E-state index contributed by atoms with van der Waals surface area (Å²) < 4.78 is 6.20. The quantitative estimate of drug-likeness (QED) is 0.481. The molecule has 5 heteroatoms. The van der Waals surface area contributed by atoms with Crippen molar-refractivity contribution in [3.05, 3.63) is 95.8 Å². The molecule has 1 aliphatic rings. The average molecular weight is 444 g/mol. The predicted octanol–water partition coefficient (Wildman–Crippen LogP) is 5.40. The Morgan fingerprint density at radius 1 is 1.03 bits per heavy atom. The van der Waals surface area contributed by atoms with E-state index in [1.807, 2.05) is 60.8 Å². The van der Waals surface area contributed by atoms with Gasteiger partial charge in [-0.1, -0.05) is 49.7 Å². The third-order valence-electron chi connectivity index (χ3n) is 6.15. The largest absolute Gasteiger partial charge is 0.490 e. The summed E-state index contributed by atoms with van der Waals surface area (Å²) in [5, 5.41) is 3.19. The van der Waals surface area contributed by atoms with Crippen LogP contribution in [0.2, 0.25) is 0 Å². The summed E-state index contributed by atoms with van der Waals surface area (Å²) in [7, 11) is 0. The second kappa shape index (κ2) is 11.6. The molecule has 0 radical (unpaired) electrons. The van der Waals surface area contributed by atoms with E-state index in [2.05, 4.69) is 40.3 Å². The minimum atomic E-state index is -0.0494. The standard InChI is InChI=1S/C28H33N3O2/c1-2-8-27(22-9-4-3-5-10-22)30-28(32)23-12-14-25(15-13-23)33-26-16-19-31(20-17-26)21-24-11-6-7-18-29-24/h3-7,9-15,18,26-27H,2,8,16-17,19-21H2,1H3,(H,30,32). The molecule has 3 aromatic rings. The van der Waals surface area contributed by atoms with Crippen LogP contribution in [-0.2, 0) is 6.54 Å². The highest BCUT2D eigenvalue weighted by atomic mass is 16.5. The molecule has 1 saturated heterocycles. The van der Waals surface area contributed by atoms with E-state index in [9.17, 15) is 4.79 Å². The Bertz CT molecular complexity index is 985. The lowest BCUT2D eigenvalue weighted by Crippen LogP contribution is -2.37. The maximum Gasteiger partial charge on any atom is 0.251 e. The highest BCUT2D eigenvalue weighted by Crippen LogP contribution is 2.22. The molecule has 4 rings (SSSR count). The van der Waals surface area contributed by atoms with E-state index >= 15 is 0 Å². The lowest BCUT2D eigenvalue weighted by atomic mass is 10.0. The molecule has 1 atom stereocenters. The van der Waals surface area contributed by atoms with Gasteiger partial charge in [0.2, 0.25) is 0 Å². The maximum absolute atomic E-state index is 12.8. The fraction of sp³-hybridized carbons (Fsp3) is 0.357. The fourth-order valence-corrected chi connectivity index (χ4v) is 4.32. The van der Waals surface area contributed by atoms with Gasteiger partial charge in [0.25, 0.3) is 5.91 Å². The van der Waals surface area contributed by atoms with Crippen LogP contribution >= 0.6 is 0 Å². The summed E-state index contributed by atoms with van der Waals surface area (Å²) in [5.74, 6) is 0.773. The molecular weight excluding hydrogens is 410 g/mol.